The molecule has 0 fully saturated rings. The normalized spacial score (nSPS) is 12.5. The molecular weight excluding hydrogens is 144 g/mol. The number of rotatable bonds is 6. The highest BCUT2D eigenvalue weighted by Crippen LogP contribution is 2.07. The van der Waals surface area contributed by atoms with E-state index in [9.17, 15) is 4.79 Å². The van der Waals surface area contributed by atoms with Crippen molar-refractivity contribution < 1.29 is 14.6 Å². The second-order valence-electron chi connectivity index (χ2n) is 2.36. The summed E-state index contributed by atoms with van der Waals surface area (Å²) in [7, 11) is 1.50. The van der Waals surface area contributed by atoms with Gasteiger partial charge < -0.3 is 9.84 Å². The molecule has 0 unspecified atom stereocenters. The van der Waals surface area contributed by atoms with Crippen LogP contribution in [0.5, 0.6) is 0 Å². The van der Waals surface area contributed by atoms with Gasteiger partial charge in [0.15, 0.2) is 0 Å². The monoisotopic (exact) mass is 158 g/mol. The first-order valence-electron chi connectivity index (χ1n) is 3.55. The smallest absolute Gasteiger partial charge is 0.308 e. The number of carboxylic acids is 1. The summed E-state index contributed by atoms with van der Waals surface area (Å²) in [6.45, 7) is 3.80. The molecule has 0 radical (unpaired) electrons. The molecule has 0 aliphatic rings. The molecule has 0 amide bonds. The Morgan fingerprint density at radius 2 is 2.45 bits per heavy atom. The highest BCUT2D eigenvalue weighted by Gasteiger charge is 2.15. The van der Waals surface area contributed by atoms with Crippen molar-refractivity contribution in [3.05, 3.63) is 12.7 Å². The fourth-order valence-corrected chi connectivity index (χ4v) is 0.798. The number of hydrogen-bond donors (Lipinski definition) is 1. The number of ether oxygens (including phenoxy) is 1. The molecule has 0 rings (SSSR count). The van der Waals surface area contributed by atoms with Crippen LogP contribution in [0, 0.1) is 5.92 Å². The summed E-state index contributed by atoms with van der Waals surface area (Å²) >= 11 is 0. The summed E-state index contributed by atoms with van der Waals surface area (Å²) in [6, 6.07) is 0. The average Bonchev–Trinajstić information content (AvgIpc) is 1.97. The van der Waals surface area contributed by atoms with Gasteiger partial charge in [0.25, 0.3) is 0 Å². The number of allylic oxidation sites excluding steroid dienone is 1. The lowest BCUT2D eigenvalue weighted by Crippen LogP contribution is -2.18. The fraction of sp³-hybridized carbons (Fsp3) is 0.625. The van der Waals surface area contributed by atoms with Crippen LogP contribution in [-0.2, 0) is 9.53 Å². The van der Waals surface area contributed by atoms with Gasteiger partial charge in [-0.3, -0.25) is 4.79 Å². The minimum absolute atomic E-state index is 0.281. The van der Waals surface area contributed by atoms with Crippen molar-refractivity contribution in [3.8, 4) is 0 Å². The average molecular weight is 158 g/mol. The summed E-state index contributed by atoms with van der Waals surface area (Å²) in [4.78, 5) is 10.5. The number of aliphatic carboxylic acids is 1. The van der Waals surface area contributed by atoms with Crippen molar-refractivity contribution in [2.75, 3.05) is 13.7 Å². The molecule has 3 nitrogen and oxygen atoms in total. The van der Waals surface area contributed by atoms with Gasteiger partial charge in [-0.25, -0.2) is 0 Å². The fourth-order valence-electron chi connectivity index (χ4n) is 0.798. The van der Waals surface area contributed by atoms with Gasteiger partial charge in [-0.2, -0.15) is 0 Å². The quantitative estimate of drug-likeness (QED) is 0.592. The van der Waals surface area contributed by atoms with Crippen LogP contribution < -0.4 is 0 Å². The van der Waals surface area contributed by atoms with E-state index in [4.69, 9.17) is 9.84 Å². The van der Waals surface area contributed by atoms with E-state index in [2.05, 4.69) is 6.58 Å². The maximum atomic E-state index is 10.5. The van der Waals surface area contributed by atoms with Crippen molar-refractivity contribution in [1.82, 2.24) is 0 Å². The van der Waals surface area contributed by atoms with Crippen LogP contribution in [0.2, 0.25) is 0 Å². The van der Waals surface area contributed by atoms with Gasteiger partial charge in [-0.15, -0.1) is 6.58 Å². The Bertz CT molecular complexity index is 131. The lowest BCUT2D eigenvalue weighted by atomic mass is 10.1. The first kappa shape index (κ1) is 10.2. The molecule has 1 atom stereocenters. The Hall–Kier alpha value is -0.830. The van der Waals surface area contributed by atoms with Crippen LogP contribution in [-0.4, -0.2) is 24.8 Å². The van der Waals surface area contributed by atoms with Gasteiger partial charge in [0.05, 0.1) is 12.5 Å². The predicted molar refractivity (Wildman–Crippen MR) is 42.4 cm³/mol. The summed E-state index contributed by atoms with van der Waals surface area (Å²) in [5, 5.41) is 8.62. The van der Waals surface area contributed by atoms with Crippen LogP contribution in [0.1, 0.15) is 12.8 Å². The van der Waals surface area contributed by atoms with Gasteiger partial charge >= 0.3 is 5.97 Å². The summed E-state index contributed by atoms with van der Waals surface area (Å²) in [6.07, 6.45) is 3.04. The Morgan fingerprint density at radius 1 is 1.82 bits per heavy atom. The lowest BCUT2D eigenvalue weighted by molar-refractivity contribution is -0.143. The Labute approximate surface area is 66.7 Å². The summed E-state index contributed by atoms with van der Waals surface area (Å²) in [5.74, 6) is -1.19. The van der Waals surface area contributed by atoms with E-state index in [1.54, 1.807) is 6.08 Å². The molecule has 0 aromatic carbocycles. The molecule has 0 aliphatic carbocycles. The Morgan fingerprint density at radius 3 is 2.82 bits per heavy atom. The molecule has 0 bridgehead atoms. The highest BCUT2D eigenvalue weighted by molar-refractivity contribution is 5.70. The molecule has 0 heterocycles. The highest BCUT2D eigenvalue weighted by atomic mass is 16.5. The van der Waals surface area contributed by atoms with E-state index < -0.39 is 11.9 Å². The van der Waals surface area contributed by atoms with E-state index in [0.29, 0.717) is 6.42 Å². The topological polar surface area (TPSA) is 46.5 Å². The minimum atomic E-state index is -0.797. The van der Waals surface area contributed by atoms with Crippen molar-refractivity contribution in [3.63, 3.8) is 0 Å². The maximum Gasteiger partial charge on any atom is 0.308 e. The van der Waals surface area contributed by atoms with E-state index in [0.717, 1.165) is 6.42 Å². The third kappa shape index (κ3) is 4.56. The molecule has 0 aromatic rings. The van der Waals surface area contributed by atoms with Crippen molar-refractivity contribution in [1.29, 1.82) is 0 Å². The molecular formula is C8H14O3. The van der Waals surface area contributed by atoms with E-state index in [-0.39, 0.29) is 6.61 Å². The van der Waals surface area contributed by atoms with Gasteiger partial charge in [0.1, 0.15) is 0 Å². The van der Waals surface area contributed by atoms with Gasteiger partial charge in [-0.05, 0) is 12.8 Å². The van der Waals surface area contributed by atoms with E-state index in [1.165, 1.54) is 7.11 Å². The minimum Gasteiger partial charge on any atom is -0.481 e. The summed E-state index contributed by atoms with van der Waals surface area (Å²) in [5.41, 5.74) is 0. The predicted octanol–water partition coefficient (Wildman–Crippen LogP) is 1.30. The van der Waals surface area contributed by atoms with Crippen LogP contribution in [0.4, 0.5) is 0 Å². The van der Waals surface area contributed by atoms with Crippen molar-refractivity contribution >= 4 is 5.97 Å². The zero-order valence-corrected chi connectivity index (χ0v) is 6.75. The SMILES string of the molecule is C=CCC[C@@H](COC)C(=O)O. The second kappa shape index (κ2) is 5.92. The number of hydrogen-bond acceptors (Lipinski definition) is 2. The van der Waals surface area contributed by atoms with Crippen LogP contribution in [0.15, 0.2) is 12.7 Å². The van der Waals surface area contributed by atoms with Crippen LogP contribution in [0.3, 0.4) is 0 Å². The van der Waals surface area contributed by atoms with Crippen molar-refractivity contribution in [2.45, 2.75) is 12.8 Å². The maximum absolute atomic E-state index is 10.5. The molecule has 11 heavy (non-hydrogen) atoms. The molecule has 0 saturated carbocycles. The lowest BCUT2D eigenvalue weighted by Gasteiger charge is -2.08. The zero-order chi connectivity index (χ0) is 8.69. The molecule has 0 spiro atoms. The van der Waals surface area contributed by atoms with Gasteiger partial charge in [0.2, 0.25) is 0 Å². The molecule has 0 aliphatic heterocycles. The Balaban J connectivity index is 3.68. The largest absolute Gasteiger partial charge is 0.481 e. The van der Waals surface area contributed by atoms with Crippen molar-refractivity contribution in [2.24, 2.45) is 5.92 Å². The van der Waals surface area contributed by atoms with Gasteiger partial charge in [-0.1, -0.05) is 6.08 Å². The molecule has 0 aromatic heterocycles. The number of carboxylic acid groups (broad SMARTS) is 1. The second-order valence-corrected chi connectivity index (χ2v) is 2.36. The molecule has 3 heteroatoms. The van der Waals surface area contributed by atoms with E-state index >= 15 is 0 Å². The number of methoxy groups -OCH3 is 1. The first-order valence-corrected chi connectivity index (χ1v) is 3.55. The molecule has 0 saturated heterocycles. The molecule has 1 N–H and O–H groups in total. The van der Waals surface area contributed by atoms with E-state index in [1.807, 2.05) is 0 Å². The molecule has 64 valence electrons. The van der Waals surface area contributed by atoms with Gasteiger partial charge in [0, 0.05) is 7.11 Å². The first-order chi connectivity index (χ1) is 5.22. The Kier molecular flexibility index (Phi) is 5.47. The zero-order valence-electron chi connectivity index (χ0n) is 6.75. The van der Waals surface area contributed by atoms with Crippen LogP contribution in [0.25, 0.3) is 0 Å². The summed E-state index contributed by atoms with van der Waals surface area (Å²) < 4.78 is 4.75. The third-order valence-electron chi connectivity index (χ3n) is 1.44. The number of carbonyl (C=O) groups is 1. The van der Waals surface area contributed by atoms with Crippen LogP contribution >= 0.6 is 0 Å². The standard InChI is InChI=1S/C8H14O3/c1-3-4-5-7(6-11-2)8(9)10/h3,7H,1,4-6H2,2H3,(H,9,10)/t7-/m0/s1. The third-order valence-corrected chi connectivity index (χ3v) is 1.44.